The van der Waals surface area contributed by atoms with Crippen molar-refractivity contribution in [2.75, 3.05) is 13.1 Å². The summed E-state index contributed by atoms with van der Waals surface area (Å²) in [6.45, 7) is 8.04. The van der Waals surface area contributed by atoms with Gasteiger partial charge in [-0.05, 0) is 25.8 Å². The van der Waals surface area contributed by atoms with Crippen molar-refractivity contribution in [2.24, 2.45) is 4.99 Å². The summed E-state index contributed by atoms with van der Waals surface area (Å²) in [6, 6.07) is 8.60. The summed E-state index contributed by atoms with van der Waals surface area (Å²) in [5.41, 5.74) is 2.54. The Morgan fingerprint density at radius 3 is 2.27 bits per heavy atom. The van der Waals surface area contributed by atoms with E-state index >= 15 is 0 Å². The van der Waals surface area contributed by atoms with Gasteiger partial charge in [0, 0.05) is 18.7 Å². The van der Waals surface area contributed by atoms with Gasteiger partial charge in [-0.15, -0.1) is 0 Å². The quantitative estimate of drug-likeness (QED) is 0.591. The average molecular weight is 204 g/mol. The molecule has 0 amide bonds. The van der Waals surface area contributed by atoms with E-state index in [1.54, 1.807) is 0 Å². The van der Waals surface area contributed by atoms with Gasteiger partial charge in [0.25, 0.3) is 0 Å². The Balaban J connectivity index is 2.86. The molecule has 15 heavy (non-hydrogen) atoms. The van der Waals surface area contributed by atoms with Crippen molar-refractivity contribution in [3.05, 3.63) is 35.4 Å². The smallest absolute Gasteiger partial charge is 0.128 e. The van der Waals surface area contributed by atoms with Gasteiger partial charge in [0.05, 0.1) is 0 Å². The number of aryl methyl sites for hydroxylation is 1. The highest BCUT2D eigenvalue weighted by Crippen LogP contribution is 2.05. The molecule has 0 aliphatic heterocycles. The molecule has 1 N–H and O–H groups in total. The molecular weight excluding hydrogens is 184 g/mol. The molecule has 0 spiro atoms. The van der Waals surface area contributed by atoms with Crippen molar-refractivity contribution < 1.29 is 0 Å². The first-order valence-electron chi connectivity index (χ1n) is 5.69. The van der Waals surface area contributed by atoms with Crippen molar-refractivity contribution in [3.63, 3.8) is 0 Å². The number of amidine groups is 1. The maximum absolute atomic E-state index is 4.45. The molecule has 2 nitrogen and oxygen atoms in total. The van der Waals surface area contributed by atoms with E-state index in [1.807, 2.05) is 0 Å². The maximum Gasteiger partial charge on any atom is 0.128 e. The fourth-order valence-electron chi connectivity index (χ4n) is 1.47. The first kappa shape index (κ1) is 11.8. The Kier molecular flexibility index (Phi) is 4.88. The van der Waals surface area contributed by atoms with E-state index in [0.717, 1.165) is 25.3 Å². The van der Waals surface area contributed by atoms with Crippen molar-refractivity contribution >= 4 is 5.84 Å². The maximum atomic E-state index is 4.45. The molecule has 0 bridgehead atoms. The van der Waals surface area contributed by atoms with E-state index in [2.05, 4.69) is 55.3 Å². The molecule has 0 radical (unpaired) electrons. The first-order valence-corrected chi connectivity index (χ1v) is 5.69. The van der Waals surface area contributed by atoms with Gasteiger partial charge < -0.3 is 5.32 Å². The van der Waals surface area contributed by atoms with Gasteiger partial charge in [-0.3, -0.25) is 4.99 Å². The van der Waals surface area contributed by atoms with Crippen LogP contribution in [0.4, 0.5) is 0 Å². The summed E-state index contributed by atoms with van der Waals surface area (Å²) in [5, 5.41) is 3.29. The number of hydrogen-bond donors (Lipinski definition) is 1. The monoisotopic (exact) mass is 204 g/mol. The lowest BCUT2D eigenvalue weighted by atomic mass is 10.1. The number of nitrogens with zero attached hydrogens (tertiary/aromatic N) is 1. The van der Waals surface area contributed by atoms with Crippen LogP contribution in [0.2, 0.25) is 0 Å². The summed E-state index contributed by atoms with van der Waals surface area (Å²) in [5.74, 6) is 1.00. The van der Waals surface area contributed by atoms with Crippen molar-refractivity contribution in [3.8, 4) is 0 Å². The summed E-state index contributed by atoms with van der Waals surface area (Å²) in [4.78, 5) is 4.45. The van der Waals surface area contributed by atoms with Crippen LogP contribution in [0.1, 0.15) is 31.9 Å². The number of benzene rings is 1. The fraction of sp³-hybridized carbons (Fsp3) is 0.462. The molecule has 0 aromatic heterocycles. The largest absolute Gasteiger partial charge is 0.370 e. The molecular formula is C13H20N2. The summed E-state index contributed by atoms with van der Waals surface area (Å²) < 4.78 is 0. The molecule has 1 aromatic carbocycles. The van der Waals surface area contributed by atoms with Gasteiger partial charge >= 0.3 is 0 Å². The van der Waals surface area contributed by atoms with E-state index in [0.29, 0.717) is 0 Å². The number of nitrogens with one attached hydrogen (secondary N) is 1. The molecule has 0 heterocycles. The molecule has 1 aromatic rings. The van der Waals surface area contributed by atoms with Crippen LogP contribution < -0.4 is 5.32 Å². The highest BCUT2D eigenvalue weighted by atomic mass is 15.0. The zero-order valence-corrected chi connectivity index (χ0v) is 9.88. The predicted molar refractivity (Wildman–Crippen MR) is 66.6 cm³/mol. The Hall–Kier alpha value is -1.31. The van der Waals surface area contributed by atoms with Crippen LogP contribution in [0.25, 0.3) is 0 Å². The number of hydrogen-bond acceptors (Lipinski definition) is 1. The standard InChI is InChI=1S/C13H20N2/c1-4-11-7-9-12(10-8-11)13(14-5-2)15-6-3/h7-10H,4-6H2,1-3H3,(H,14,15). The summed E-state index contributed by atoms with van der Waals surface area (Å²) >= 11 is 0. The molecule has 2 heteroatoms. The molecule has 1 rings (SSSR count). The van der Waals surface area contributed by atoms with Crippen molar-refractivity contribution in [1.29, 1.82) is 0 Å². The van der Waals surface area contributed by atoms with E-state index in [1.165, 1.54) is 11.1 Å². The van der Waals surface area contributed by atoms with Crippen LogP contribution in [-0.4, -0.2) is 18.9 Å². The third-order valence-corrected chi connectivity index (χ3v) is 2.30. The van der Waals surface area contributed by atoms with Crippen molar-refractivity contribution in [1.82, 2.24) is 5.32 Å². The molecule has 0 fully saturated rings. The third kappa shape index (κ3) is 3.39. The first-order chi connectivity index (χ1) is 7.31. The van der Waals surface area contributed by atoms with Crippen LogP contribution in [0.5, 0.6) is 0 Å². The lowest BCUT2D eigenvalue weighted by Gasteiger charge is -2.08. The lowest BCUT2D eigenvalue weighted by Crippen LogP contribution is -2.24. The Bertz CT molecular complexity index is 312. The normalized spacial score (nSPS) is 11.5. The second kappa shape index (κ2) is 6.23. The van der Waals surface area contributed by atoms with Gasteiger partial charge in [0.1, 0.15) is 5.84 Å². The summed E-state index contributed by atoms with van der Waals surface area (Å²) in [7, 11) is 0. The Morgan fingerprint density at radius 1 is 1.13 bits per heavy atom. The second-order valence-electron chi connectivity index (χ2n) is 3.40. The minimum atomic E-state index is 0.817. The minimum Gasteiger partial charge on any atom is -0.370 e. The second-order valence-corrected chi connectivity index (χ2v) is 3.40. The minimum absolute atomic E-state index is 0.817. The van der Waals surface area contributed by atoms with Gasteiger partial charge in [-0.25, -0.2) is 0 Å². The Morgan fingerprint density at radius 2 is 1.80 bits per heavy atom. The van der Waals surface area contributed by atoms with Gasteiger partial charge in [0.15, 0.2) is 0 Å². The highest BCUT2D eigenvalue weighted by Gasteiger charge is 2.00. The average Bonchev–Trinajstić information content (AvgIpc) is 2.29. The highest BCUT2D eigenvalue weighted by molar-refractivity contribution is 5.98. The third-order valence-electron chi connectivity index (χ3n) is 2.30. The zero-order chi connectivity index (χ0) is 11.1. The van der Waals surface area contributed by atoms with E-state index in [-0.39, 0.29) is 0 Å². The van der Waals surface area contributed by atoms with E-state index < -0.39 is 0 Å². The molecule has 0 saturated heterocycles. The fourth-order valence-corrected chi connectivity index (χ4v) is 1.47. The van der Waals surface area contributed by atoms with Gasteiger partial charge in [-0.2, -0.15) is 0 Å². The van der Waals surface area contributed by atoms with Gasteiger partial charge in [-0.1, -0.05) is 31.2 Å². The van der Waals surface area contributed by atoms with Crippen LogP contribution in [0.3, 0.4) is 0 Å². The number of aliphatic imine (C=N–C) groups is 1. The van der Waals surface area contributed by atoms with E-state index in [4.69, 9.17) is 0 Å². The van der Waals surface area contributed by atoms with Crippen molar-refractivity contribution in [2.45, 2.75) is 27.2 Å². The van der Waals surface area contributed by atoms with E-state index in [9.17, 15) is 0 Å². The van der Waals surface area contributed by atoms with Crippen LogP contribution in [0, 0.1) is 0 Å². The topological polar surface area (TPSA) is 24.4 Å². The number of rotatable bonds is 4. The zero-order valence-electron chi connectivity index (χ0n) is 9.88. The van der Waals surface area contributed by atoms with Gasteiger partial charge in [0.2, 0.25) is 0 Å². The SMILES string of the molecule is CCN=C(NCC)c1ccc(CC)cc1. The van der Waals surface area contributed by atoms with Crippen LogP contribution in [-0.2, 0) is 6.42 Å². The lowest BCUT2D eigenvalue weighted by molar-refractivity contribution is 0.948. The molecule has 82 valence electrons. The van der Waals surface area contributed by atoms with Crippen LogP contribution >= 0.6 is 0 Å². The Labute approximate surface area is 92.4 Å². The molecule has 0 saturated carbocycles. The summed E-state index contributed by atoms with van der Waals surface area (Å²) in [6.07, 6.45) is 1.09. The molecule has 0 aliphatic carbocycles. The molecule has 0 atom stereocenters. The molecule has 0 aliphatic rings. The molecule has 0 unspecified atom stereocenters. The van der Waals surface area contributed by atoms with Crippen LogP contribution in [0.15, 0.2) is 29.3 Å². The predicted octanol–water partition coefficient (Wildman–Crippen LogP) is 2.63.